The van der Waals surface area contributed by atoms with Crippen LogP contribution in [0, 0.1) is 0 Å². The lowest BCUT2D eigenvalue weighted by Crippen LogP contribution is -2.44. The average molecular weight is 258 g/mol. The van der Waals surface area contributed by atoms with Crippen LogP contribution in [-0.4, -0.2) is 47.6 Å². The molecular formula is C14H18N4O. The quantitative estimate of drug-likeness (QED) is 0.835. The van der Waals surface area contributed by atoms with Crippen LogP contribution in [0.4, 0.5) is 0 Å². The van der Waals surface area contributed by atoms with Crippen molar-refractivity contribution in [3.63, 3.8) is 0 Å². The Bertz CT molecular complexity index is 616. The molecule has 5 nitrogen and oxygen atoms in total. The molecule has 1 aliphatic heterocycles. The molecule has 0 radical (unpaired) electrons. The van der Waals surface area contributed by atoms with Crippen LogP contribution >= 0.6 is 0 Å². The lowest BCUT2D eigenvalue weighted by atomic mass is 10.1. The summed E-state index contributed by atoms with van der Waals surface area (Å²) in [7, 11) is 0. The molecule has 5 heteroatoms. The van der Waals surface area contributed by atoms with E-state index in [1.54, 1.807) is 0 Å². The Labute approximate surface area is 111 Å². The molecule has 1 aliphatic rings. The number of nitrogens with one attached hydrogen (secondary N) is 2. The first kappa shape index (κ1) is 12.3. The second-order valence-electron chi connectivity index (χ2n) is 4.94. The lowest BCUT2D eigenvalue weighted by molar-refractivity contribution is 0.244. The molecule has 0 aliphatic carbocycles. The van der Waals surface area contributed by atoms with Crippen molar-refractivity contribution < 1.29 is 0 Å². The molecule has 0 spiro atoms. The van der Waals surface area contributed by atoms with Crippen molar-refractivity contribution in [1.29, 1.82) is 0 Å². The number of rotatable bonds is 3. The summed E-state index contributed by atoms with van der Waals surface area (Å²) in [6.07, 6.45) is 2.36. The van der Waals surface area contributed by atoms with Crippen molar-refractivity contribution in [1.82, 2.24) is 20.2 Å². The molecule has 19 heavy (non-hydrogen) atoms. The molecule has 1 fully saturated rings. The van der Waals surface area contributed by atoms with Gasteiger partial charge in [-0.05, 0) is 24.1 Å². The molecule has 1 aromatic heterocycles. The number of nitrogens with zero attached hydrogens (tertiary/aromatic N) is 2. The Morgan fingerprint density at radius 3 is 2.95 bits per heavy atom. The number of hydrogen-bond acceptors (Lipinski definition) is 4. The highest BCUT2D eigenvalue weighted by Crippen LogP contribution is 2.11. The Kier molecular flexibility index (Phi) is 3.57. The van der Waals surface area contributed by atoms with Gasteiger partial charge >= 0.3 is 0 Å². The summed E-state index contributed by atoms with van der Waals surface area (Å²) in [5, 5.41) is 3.36. The van der Waals surface area contributed by atoms with E-state index >= 15 is 0 Å². The molecule has 2 heterocycles. The van der Waals surface area contributed by atoms with E-state index in [-0.39, 0.29) is 5.56 Å². The van der Waals surface area contributed by atoms with E-state index in [4.69, 9.17) is 0 Å². The molecule has 1 saturated heterocycles. The molecule has 0 bridgehead atoms. The van der Waals surface area contributed by atoms with Gasteiger partial charge in [0.25, 0.3) is 5.56 Å². The predicted octanol–water partition coefficient (Wildman–Crippen LogP) is 0.371. The first-order valence-corrected chi connectivity index (χ1v) is 6.72. The van der Waals surface area contributed by atoms with Crippen LogP contribution in [0.2, 0.25) is 0 Å². The van der Waals surface area contributed by atoms with Gasteiger partial charge in [-0.25, -0.2) is 4.98 Å². The minimum Gasteiger partial charge on any atom is -0.319 e. The fraction of sp³-hybridized carbons (Fsp3) is 0.429. The number of aromatic nitrogens is 2. The molecule has 0 amide bonds. The zero-order chi connectivity index (χ0) is 13.1. The van der Waals surface area contributed by atoms with Gasteiger partial charge in [0.05, 0.1) is 17.2 Å². The molecule has 3 rings (SSSR count). The van der Waals surface area contributed by atoms with Gasteiger partial charge in [-0.2, -0.15) is 0 Å². The third kappa shape index (κ3) is 3.00. The van der Waals surface area contributed by atoms with Gasteiger partial charge in [0.1, 0.15) is 0 Å². The summed E-state index contributed by atoms with van der Waals surface area (Å²) in [5.41, 5.74) is 2.78. The Hall–Kier alpha value is -1.72. The van der Waals surface area contributed by atoms with Gasteiger partial charge in [-0.1, -0.05) is 6.07 Å². The smallest absolute Gasteiger partial charge is 0.266 e. The molecule has 1 aromatic carbocycles. The predicted molar refractivity (Wildman–Crippen MR) is 75.4 cm³/mol. The number of piperazine rings is 1. The molecule has 100 valence electrons. The van der Waals surface area contributed by atoms with Gasteiger partial charge in [0.15, 0.2) is 0 Å². The first-order chi connectivity index (χ1) is 9.31. The van der Waals surface area contributed by atoms with Crippen LogP contribution in [-0.2, 0) is 6.42 Å². The molecular weight excluding hydrogens is 240 g/mol. The summed E-state index contributed by atoms with van der Waals surface area (Å²) in [6, 6.07) is 6.08. The highest BCUT2D eigenvalue weighted by molar-refractivity contribution is 5.74. The topological polar surface area (TPSA) is 61.0 Å². The standard InChI is InChI=1S/C14H18N4O/c19-14-10-16-13-9-11(1-2-12(13)17-14)3-6-18-7-4-15-5-8-18/h1-2,9-10,15H,3-8H2,(H,17,19). The SMILES string of the molecule is O=c1cnc2cc(CCN3CCNCC3)ccc2[nH]1. The van der Waals surface area contributed by atoms with Crippen molar-refractivity contribution in [2.24, 2.45) is 0 Å². The van der Waals surface area contributed by atoms with Crippen molar-refractivity contribution in [3.05, 3.63) is 40.3 Å². The summed E-state index contributed by atoms with van der Waals surface area (Å²) in [5.74, 6) is 0. The zero-order valence-electron chi connectivity index (χ0n) is 10.9. The number of hydrogen-bond donors (Lipinski definition) is 2. The average Bonchev–Trinajstić information content (AvgIpc) is 2.46. The van der Waals surface area contributed by atoms with E-state index in [0.717, 1.165) is 50.2 Å². The van der Waals surface area contributed by atoms with Crippen LogP contribution in [0.5, 0.6) is 0 Å². The van der Waals surface area contributed by atoms with E-state index < -0.39 is 0 Å². The van der Waals surface area contributed by atoms with Crippen molar-refractivity contribution >= 4 is 11.0 Å². The highest BCUT2D eigenvalue weighted by Gasteiger charge is 2.09. The maximum atomic E-state index is 11.2. The largest absolute Gasteiger partial charge is 0.319 e. The summed E-state index contributed by atoms with van der Waals surface area (Å²) < 4.78 is 0. The molecule has 2 N–H and O–H groups in total. The van der Waals surface area contributed by atoms with E-state index in [1.165, 1.54) is 11.8 Å². The summed E-state index contributed by atoms with van der Waals surface area (Å²) in [4.78, 5) is 20.6. The van der Waals surface area contributed by atoms with Crippen molar-refractivity contribution in [3.8, 4) is 0 Å². The maximum absolute atomic E-state index is 11.2. The van der Waals surface area contributed by atoms with Crippen LogP contribution in [0.15, 0.2) is 29.2 Å². The minimum absolute atomic E-state index is 0.152. The van der Waals surface area contributed by atoms with E-state index in [0.29, 0.717) is 0 Å². The number of fused-ring (bicyclic) bond motifs is 1. The van der Waals surface area contributed by atoms with Gasteiger partial charge in [-0.3, -0.25) is 4.79 Å². The van der Waals surface area contributed by atoms with Gasteiger partial charge < -0.3 is 15.2 Å². The third-order valence-electron chi connectivity index (χ3n) is 3.57. The highest BCUT2D eigenvalue weighted by atomic mass is 16.1. The summed E-state index contributed by atoms with van der Waals surface area (Å²) >= 11 is 0. The van der Waals surface area contributed by atoms with Gasteiger partial charge in [0, 0.05) is 32.7 Å². The van der Waals surface area contributed by atoms with Gasteiger partial charge in [-0.15, -0.1) is 0 Å². The lowest BCUT2D eigenvalue weighted by Gasteiger charge is -2.27. The maximum Gasteiger partial charge on any atom is 0.266 e. The number of aromatic amines is 1. The summed E-state index contributed by atoms with van der Waals surface area (Å²) in [6.45, 7) is 5.50. The Morgan fingerprint density at radius 1 is 1.26 bits per heavy atom. The zero-order valence-corrected chi connectivity index (χ0v) is 10.9. The van der Waals surface area contributed by atoms with Crippen LogP contribution in [0.3, 0.4) is 0 Å². The van der Waals surface area contributed by atoms with Crippen LogP contribution in [0.25, 0.3) is 11.0 Å². The van der Waals surface area contributed by atoms with Crippen molar-refractivity contribution in [2.75, 3.05) is 32.7 Å². The minimum atomic E-state index is -0.152. The molecule has 0 unspecified atom stereocenters. The normalized spacial score (nSPS) is 16.8. The fourth-order valence-corrected chi connectivity index (χ4v) is 2.46. The second-order valence-corrected chi connectivity index (χ2v) is 4.94. The second kappa shape index (κ2) is 5.50. The Balaban J connectivity index is 1.70. The van der Waals surface area contributed by atoms with Crippen LogP contribution < -0.4 is 10.9 Å². The van der Waals surface area contributed by atoms with Gasteiger partial charge in [0.2, 0.25) is 0 Å². The molecule has 0 atom stereocenters. The monoisotopic (exact) mass is 258 g/mol. The van der Waals surface area contributed by atoms with Crippen LogP contribution in [0.1, 0.15) is 5.56 Å². The third-order valence-corrected chi connectivity index (χ3v) is 3.57. The van der Waals surface area contributed by atoms with Crippen molar-refractivity contribution in [2.45, 2.75) is 6.42 Å². The Morgan fingerprint density at radius 2 is 2.11 bits per heavy atom. The molecule has 2 aromatic rings. The van der Waals surface area contributed by atoms with E-state index in [1.807, 2.05) is 6.07 Å². The van der Waals surface area contributed by atoms with E-state index in [2.05, 4.69) is 32.3 Å². The first-order valence-electron chi connectivity index (χ1n) is 6.72. The molecule has 0 saturated carbocycles. The van der Waals surface area contributed by atoms with E-state index in [9.17, 15) is 4.79 Å². The fourth-order valence-electron chi connectivity index (χ4n) is 2.46. The number of benzene rings is 1. The number of H-pyrrole nitrogens is 1.